The first-order valence-electron chi connectivity index (χ1n) is 15.6. The van der Waals surface area contributed by atoms with Crippen LogP contribution in [0.4, 0.5) is 44.7 Å². The fraction of sp³-hybridized carbons (Fsp3) is 0.103. The summed E-state index contributed by atoms with van der Waals surface area (Å²) in [7, 11) is -24.7. The molecule has 1 heterocycles. The summed E-state index contributed by atoms with van der Waals surface area (Å²) in [5.41, 5.74) is -2.67. The predicted octanol–water partition coefficient (Wildman–Crippen LogP) is 3.06. The number of nitrogens with one attached hydrogen (secondary N) is 3. The molecule has 0 aliphatic rings. The Kier molecular flexibility index (Phi) is 12.5. The molecule has 0 radical (unpaired) electrons. The number of carbonyl (C=O) groups excluding carboxylic acids is 1. The molecule has 0 aliphatic heterocycles. The Labute approximate surface area is 337 Å². The van der Waals surface area contributed by atoms with Crippen molar-refractivity contribution in [3.8, 4) is 5.75 Å². The van der Waals surface area contributed by atoms with Crippen molar-refractivity contribution in [2.45, 2.75) is 26.5 Å². The number of aromatic hydroxyl groups is 1. The average molecular weight is 937 g/mol. The molecule has 0 unspecified atom stereocenters. The van der Waals surface area contributed by atoms with Crippen molar-refractivity contribution in [1.82, 2.24) is 15.0 Å². The summed E-state index contributed by atoms with van der Waals surface area (Å²) in [6.07, 6.45) is -1.41. The Hall–Kier alpha value is -5.90. The number of aromatic nitrogens is 3. The van der Waals surface area contributed by atoms with Gasteiger partial charge in [-0.15, -0.1) is 10.2 Å². The van der Waals surface area contributed by atoms with Crippen molar-refractivity contribution in [3.63, 3.8) is 0 Å². The molecule has 0 aliphatic carbocycles. The molecule has 0 atom stereocenters. The van der Waals surface area contributed by atoms with Crippen LogP contribution in [-0.2, 0) is 59.6 Å². The van der Waals surface area contributed by atoms with E-state index in [9.17, 15) is 70.0 Å². The van der Waals surface area contributed by atoms with E-state index in [4.69, 9.17) is 4.55 Å². The minimum absolute atomic E-state index is 0.0344. The number of sulfone groups is 1. The van der Waals surface area contributed by atoms with Gasteiger partial charge in [0.2, 0.25) is 17.8 Å². The second-order valence-corrected chi connectivity index (χ2v) is 19.1. The second kappa shape index (κ2) is 16.6. The highest BCUT2D eigenvalue weighted by molar-refractivity contribution is 7.91. The first-order valence-corrected chi connectivity index (χ1v) is 22.9. The maximum absolute atomic E-state index is 14.6. The molecule has 320 valence electrons. The molecule has 60 heavy (non-hydrogen) atoms. The number of halogens is 1. The first kappa shape index (κ1) is 45.2. The largest absolute Gasteiger partial charge is 0.505 e. The van der Waals surface area contributed by atoms with Gasteiger partial charge < -0.3 is 21.1 Å². The fourth-order valence-electron chi connectivity index (χ4n) is 5.04. The molecule has 31 heteroatoms. The average Bonchev–Trinajstić information content (AvgIpc) is 3.08. The quantitative estimate of drug-likeness (QED) is 0.0552. The summed E-state index contributed by atoms with van der Waals surface area (Å²) in [6, 6.07) is 9.25. The zero-order valence-electron chi connectivity index (χ0n) is 29.5. The van der Waals surface area contributed by atoms with Gasteiger partial charge in [0.05, 0.1) is 27.8 Å². The number of amides is 1. The van der Waals surface area contributed by atoms with Gasteiger partial charge in [-0.05, 0) is 60.0 Å². The standard InChI is InChI=1S/C29H25FN8O17S5/c1-14(39)31-21-13-19(57(43,44)45)9-15-10-23(59(49,50)51)25(26(40)24(15)21)38-37-20-12-17(5-6-22(20)58(46,47)48)33-29-35-27(30)34-28(36-29)32-16-3-2-4-18(11-16)56(41,42)8-7-55-60(52,53)54/h2-6,9-13,40H,7-8H2,1H3,(H,31,39)(H,43,44,45)(H,46,47,48)(H,49,50,51)(H,52,53,54)(H2,32,33,34,35,36)/b38-37+. The van der Waals surface area contributed by atoms with Gasteiger partial charge >= 0.3 is 16.5 Å². The van der Waals surface area contributed by atoms with Crippen LogP contribution in [0.2, 0.25) is 0 Å². The maximum atomic E-state index is 14.6. The van der Waals surface area contributed by atoms with Crippen LogP contribution >= 0.6 is 0 Å². The van der Waals surface area contributed by atoms with Crippen LogP contribution in [0.5, 0.6) is 5.75 Å². The highest BCUT2D eigenvalue weighted by Crippen LogP contribution is 2.45. The zero-order chi connectivity index (χ0) is 44.6. The van der Waals surface area contributed by atoms with Crippen LogP contribution < -0.4 is 16.0 Å². The number of azo groups is 1. The topological polar surface area (TPSA) is 398 Å². The van der Waals surface area contributed by atoms with E-state index in [1.54, 1.807) is 0 Å². The molecular weight excluding hydrogens is 912 g/mol. The summed E-state index contributed by atoms with van der Waals surface area (Å²) in [4.78, 5) is 19.3. The third-order valence-corrected chi connectivity index (χ3v) is 12.1. The molecule has 4 aromatic carbocycles. The first-order chi connectivity index (χ1) is 27.6. The van der Waals surface area contributed by atoms with Crippen molar-refractivity contribution in [3.05, 3.63) is 66.7 Å². The van der Waals surface area contributed by atoms with E-state index in [0.29, 0.717) is 18.2 Å². The maximum Gasteiger partial charge on any atom is 0.397 e. The summed E-state index contributed by atoms with van der Waals surface area (Å²) in [5.74, 6) is -4.00. The zero-order valence-corrected chi connectivity index (χ0v) is 33.6. The van der Waals surface area contributed by atoms with Gasteiger partial charge in [0.25, 0.3) is 30.4 Å². The third kappa shape index (κ3) is 11.2. The molecule has 0 bridgehead atoms. The Bertz CT molecular complexity index is 3190. The predicted molar refractivity (Wildman–Crippen MR) is 202 cm³/mol. The minimum Gasteiger partial charge on any atom is -0.505 e. The fourth-order valence-corrected chi connectivity index (χ4v) is 8.37. The van der Waals surface area contributed by atoms with E-state index >= 15 is 0 Å². The van der Waals surface area contributed by atoms with E-state index < -0.39 is 135 Å². The van der Waals surface area contributed by atoms with E-state index in [-0.39, 0.29) is 16.3 Å². The van der Waals surface area contributed by atoms with E-state index in [0.717, 1.165) is 37.3 Å². The molecule has 5 aromatic rings. The van der Waals surface area contributed by atoms with Gasteiger partial charge in [0, 0.05) is 23.7 Å². The van der Waals surface area contributed by atoms with Crippen LogP contribution in [0.25, 0.3) is 10.8 Å². The minimum atomic E-state index is -5.39. The highest BCUT2D eigenvalue weighted by Gasteiger charge is 2.27. The Balaban J connectivity index is 1.53. The number of anilines is 5. The number of rotatable bonds is 15. The number of nitrogens with zero attached hydrogens (tertiary/aromatic N) is 5. The van der Waals surface area contributed by atoms with Gasteiger partial charge in [0.1, 0.15) is 21.2 Å². The lowest BCUT2D eigenvalue weighted by Gasteiger charge is -2.14. The van der Waals surface area contributed by atoms with E-state index in [1.807, 2.05) is 0 Å². The number of phenols is 1. The van der Waals surface area contributed by atoms with Crippen LogP contribution in [0, 0.1) is 6.08 Å². The number of benzene rings is 4. The summed E-state index contributed by atoms with van der Waals surface area (Å²) < 4.78 is 177. The number of hydrogen-bond donors (Lipinski definition) is 8. The summed E-state index contributed by atoms with van der Waals surface area (Å²) in [5, 5.41) is 24.6. The highest BCUT2D eigenvalue weighted by atomic mass is 32.3. The Morgan fingerprint density at radius 1 is 0.733 bits per heavy atom. The van der Waals surface area contributed by atoms with Gasteiger partial charge in [0.15, 0.2) is 15.6 Å². The molecule has 0 saturated carbocycles. The number of phenolic OH excluding ortho intramolecular Hbond substituents is 1. The van der Waals surface area contributed by atoms with Gasteiger partial charge in [-0.2, -0.15) is 53.0 Å². The smallest absolute Gasteiger partial charge is 0.397 e. The van der Waals surface area contributed by atoms with E-state index in [1.165, 1.54) is 12.1 Å². The molecule has 0 saturated heterocycles. The Morgan fingerprint density at radius 3 is 1.92 bits per heavy atom. The SMILES string of the molecule is CC(=O)Nc1cc(S(=O)(=O)O)cc2cc(S(=O)(=O)O)c(/N=N/c3cc(Nc4nc(F)nc(Nc5cccc(S(=O)(=O)CCOS(=O)(=O)O)c5)n4)ccc3S(=O)(=O)O)c(O)c12. The van der Waals surface area contributed by atoms with Crippen molar-refractivity contribution in [2.75, 3.05) is 28.3 Å². The van der Waals surface area contributed by atoms with Crippen molar-refractivity contribution >= 4 is 108 Å². The van der Waals surface area contributed by atoms with Crippen molar-refractivity contribution in [2.24, 2.45) is 10.2 Å². The van der Waals surface area contributed by atoms with Gasteiger partial charge in [-0.25, -0.2) is 12.6 Å². The molecule has 5 rings (SSSR count). The number of fused-ring (bicyclic) bond motifs is 1. The molecule has 1 amide bonds. The van der Waals surface area contributed by atoms with Crippen LogP contribution in [-0.4, -0.2) is 98.6 Å². The van der Waals surface area contributed by atoms with Gasteiger partial charge in [-0.3, -0.25) is 23.0 Å². The van der Waals surface area contributed by atoms with Crippen molar-refractivity contribution in [1.29, 1.82) is 0 Å². The number of carbonyl (C=O) groups is 1. The molecular formula is C29H25FN8O17S5. The molecule has 0 spiro atoms. The second-order valence-electron chi connectivity index (χ2n) is 11.7. The van der Waals surface area contributed by atoms with Gasteiger partial charge in [-0.1, -0.05) is 6.07 Å². The lowest BCUT2D eigenvalue weighted by atomic mass is 10.1. The Morgan fingerprint density at radius 2 is 1.35 bits per heavy atom. The van der Waals surface area contributed by atoms with E-state index in [2.05, 4.69) is 45.3 Å². The molecule has 8 N–H and O–H groups in total. The summed E-state index contributed by atoms with van der Waals surface area (Å²) >= 11 is 0. The lowest BCUT2D eigenvalue weighted by Crippen LogP contribution is -2.15. The summed E-state index contributed by atoms with van der Waals surface area (Å²) in [6.45, 7) is 0.0621. The normalized spacial score (nSPS) is 12.8. The van der Waals surface area contributed by atoms with Crippen molar-refractivity contribution < 1.29 is 78.8 Å². The molecule has 1 aromatic heterocycles. The third-order valence-electron chi connectivity index (χ3n) is 7.40. The number of hydrogen-bond acceptors (Lipinski definition) is 20. The molecule has 25 nitrogen and oxygen atoms in total. The monoisotopic (exact) mass is 936 g/mol. The van der Waals surface area contributed by atoms with Crippen LogP contribution in [0.3, 0.4) is 0 Å². The lowest BCUT2D eigenvalue weighted by molar-refractivity contribution is -0.114. The molecule has 0 fully saturated rings. The van der Waals surface area contributed by atoms with Crippen LogP contribution in [0.1, 0.15) is 6.92 Å². The van der Waals surface area contributed by atoms with Crippen LogP contribution in [0.15, 0.2) is 90.5 Å².